The van der Waals surface area contributed by atoms with Gasteiger partial charge in [0.2, 0.25) is 0 Å². The number of hydrogen-bond acceptors (Lipinski definition) is 12. The van der Waals surface area contributed by atoms with Gasteiger partial charge in [0.05, 0.1) is 39.6 Å². The lowest BCUT2D eigenvalue weighted by Crippen LogP contribution is -1.99. The van der Waals surface area contributed by atoms with Crippen LogP contribution in [0, 0.1) is 0 Å². The van der Waals surface area contributed by atoms with Crippen LogP contribution in [0.5, 0.6) is 0 Å². The zero-order valence-corrected chi connectivity index (χ0v) is 32.6. The van der Waals surface area contributed by atoms with Crippen LogP contribution in [0.4, 0.5) is 0 Å². The molecule has 0 amide bonds. The van der Waals surface area contributed by atoms with Gasteiger partial charge in [0, 0.05) is 41.5 Å². The topological polar surface area (TPSA) is 158 Å². The first kappa shape index (κ1) is 57.1. The summed E-state index contributed by atoms with van der Waals surface area (Å²) in [7, 11) is 0. The largest absolute Gasteiger partial charge is 0.466 e. The van der Waals surface area contributed by atoms with E-state index in [0.29, 0.717) is 39.6 Å². The van der Waals surface area contributed by atoms with E-state index < -0.39 is 0 Å². The highest BCUT2D eigenvalue weighted by atomic mass is 16.5. The SMILES string of the molecule is CCCCOC(C)=O.CCCCOC(C)=O.CCCCOC(C)=O.CCCCOC(C)=O.CCCCOC(C)=O.CCCCOC(C)=O. The quantitative estimate of drug-likeness (QED) is 0.0771. The van der Waals surface area contributed by atoms with Gasteiger partial charge in [-0.15, -0.1) is 0 Å². The second-order valence-electron chi connectivity index (χ2n) is 10.2. The van der Waals surface area contributed by atoms with Crippen LogP contribution in [-0.4, -0.2) is 75.5 Å². The molecule has 0 aliphatic heterocycles. The standard InChI is InChI=1S/6C6H12O2/c6*1-3-4-5-8-6(2)7/h6*3-5H2,1-2H3. The van der Waals surface area contributed by atoms with Crippen LogP contribution in [0.1, 0.15) is 160 Å². The second-order valence-corrected chi connectivity index (χ2v) is 10.2. The molecular formula is C36H72O12. The molecule has 0 aromatic carbocycles. The highest BCUT2D eigenvalue weighted by Gasteiger charge is 1.91. The molecule has 0 bridgehead atoms. The molecule has 0 saturated heterocycles. The van der Waals surface area contributed by atoms with E-state index in [1.165, 1.54) is 41.5 Å². The van der Waals surface area contributed by atoms with Gasteiger partial charge in [0.15, 0.2) is 0 Å². The molecule has 0 fully saturated rings. The molecule has 0 N–H and O–H groups in total. The molecule has 0 radical (unpaired) electrons. The molecule has 0 aliphatic rings. The lowest BCUT2D eigenvalue weighted by atomic mass is 10.4. The minimum absolute atomic E-state index is 0.182. The first-order valence-corrected chi connectivity index (χ1v) is 17.4. The molecule has 288 valence electrons. The third kappa shape index (κ3) is 104. The van der Waals surface area contributed by atoms with Gasteiger partial charge in [-0.2, -0.15) is 0 Å². The van der Waals surface area contributed by atoms with E-state index in [-0.39, 0.29) is 35.8 Å². The summed E-state index contributed by atoms with van der Waals surface area (Å²) >= 11 is 0. The fraction of sp³-hybridized carbons (Fsp3) is 0.833. The van der Waals surface area contributed by atoms with Crippen LogP contribution in [0.3, 0.4) is 0 Å². The Kier molecular flexibility index (Phi) is 63.4. The predicted molar refractivity (Wildman–Crippen MR) is 189 cm³/mol. The molecule has 0 atom stereocenters. The van der Waals surface area contributed by atoms with Crippen molar-refractivity contribution in [2.75, 3.05) is 39.6 Å². The number of rotatable bonds is 18. The number of ether oxygens (including phenoxy) is 6. The normalized spacial score (nSPS) is 8.75. The molecular weight excluding hydrogens is 624 g/mol. The maximum absolute atomic E-state index is 10.1. The van der Waals surface area contributed by atoms with Gasteiger partial charge in [-0.25, -0.2) is 0 Å². The number of hydrogen-bond donors (Lipinski definition) is 0. The molecule has 0 unspecified atom stereocenters. The molecule has 0 aliphatic carbocycles. The Bertz CT molecular complexity index is 569. The summed E-state index contributed by atoms with van der Waals surface area (Å²) in [6.45, 7) is 24.4. The monoisotopic (exact) mass is 697 g/mol. The lowest BCUT2D eigenvalue weighted by molar-refractivity contribution is -0.142. The maximum Gasteiger partial charge on any atom is 0.302 e. The van der Waals surface area contributed by atoms with Gasteiger partial charge in [0.25, 0.3) is 0 Å². The van der Waals surface area contributed by atoms with E-state index >= 15 is 0 Å². The third-order valence-electron chi connectivity index (χ3n) is 4.82. The summed E-state index contributed by atoms with van der Waals surface area (Å²) in [5.74, 6) is -1.09. The van der Waals surface area contributed by atoms with Crippen molar-refractivity contribution in [2.45, 2.75) is 160 Å². The van der Waals surface area contributed by atoms with Crippen LogP contribution in [0.25, 0.3) is 0 Å². The molecule has 12 heteroatoms. The van der Waals surface area contributed by atoms with Crippen LogP contribution >= 0.6 is 0 Å². The summed E-state index contributed by atoms with van der Waals surface area (Å²) in [5.41, 5.74) is 0. The van der Waals surface area contributed by atoms with E-state index in [1.807, 2.05) is 0 Å². The summed E-state index contributed by atoms with van der Waals surface area (Å²) < 4.78 is 27.9. The number of unbranched alkanes of at least 4 members (excludes halogenated alkanes) is 6. The number of carbonyl (C=O) groups is 6. The Labute approximate surface area is 292 Å². The molecule has 0 heterocycles. The first-order chi connectivity index (χ1) is 22.6. The van der Waals surface area contributed by atoms with Gasteiger partial charge in [0.1, 0.15) is 0 Å². The number of esters is 6. The zero-order valence-electron chi connectivity index (χ0n) is 32.6. The van der Waals surface area contributed by atoms with Crippen LogP contribution in [0.2, 0.25) is 0 Å². The van der Waals surface area contributed by atoms with Gasteiger partial charge < -0.3 is 28.4 Å². The van der Waals surface area contributed by atoms with Crippen molar-refractivity contribution in [2.24, 2.45) is 0 Å². The Hall–Kier alpha value is -3.18. The van der Waals surface area contributed by atoms with Crippen LogP contribution < -0.4 is 0 Å². The summed E-state index contributed by atoms with van der Waals surface area (Å²) in [5, 5.41) is 0. The molecule has 0 rings (SSSR count). The smallest absolute Gasteiger partial charge is 0.302 e. The first-order valence-electron chi connectivity index (χ1n) is 17.4. The Morgan fingerprint density at radius 3 is 0.438 bits per heavy atom. The van der Waals surface area contributed by atoms with Crippen molar-refractivity contribution in [3.8, 4) is 0 Å². The molecule has 0 aromatic rings. The lowest BCUT2D eigenvalue weighted by Gasteiger charge is -1.96. The van der Waals surface area contributed by atoms with E-state index in [2.05, 4.69) is 70.0 Å². The minimum Gasteiger partial charge on any atom is -0.466 e. The van der Waals surface area contributed by atoms with E-state index in [0.717, 1.165) is 77.0 Å². The molecule has 12 nitrogen and oxygen atoms in total. The summed E-state index contributed by atoms with van der Waals surface area (Å²) in [4.78, 5) is 60.6. The predicted octanol–water partition coefficient (Wildman–Crippen LogP) is 8.10. The molecule has 48 heavy (non-hydrogen) atoms. The highest BCUT2D eigenvalue weighted by molar-refractivity contribution is 5.67. The Morgan fingerprint density at radius 1 is 0.271 bits per heavy atom. The van der Waals surface area contributed by atoms with Crippen LogP contribution in [-0.2, 0) is 57.2 Å². The fourth-order valence-corrected chi connectivity index (χ4v) is 2.16. The molecule has 0 spiro atoms. The summed E-state index contributed by atoms with van der Waals surface area (Å²) in [6, 6.07) is 0. The van der Waals surface area contributed by atoms with E-state index in [1.54, 1.807) is 0 Å². The van der Waals surface area contributed by atoms with E-state index in [4.69, 9.17) is 0 Å². The molecule has 0 saturated carbocycles. The van der Waals surface area contributed by atoms with Gasteiger partial charge >= 0.3 is 35.8 Å². The van der Waals surface area contributed by atoms with Crippen molar-refractivity contribution in [3.05, 3.63) is 0 Å². The van der Waals surface area contributed by atoms with Gasteiger partial charge in [-0.05, 0) is 38.5 Å². The average Bonchev–Trinajstić information content (AvgIpc) is 2.99. The highest BCUT2D eigenvalue weighted by Crippen LogP contribution is 1.90. The Balaban J connectivity index is -0.000000110. The van der Waals surface area contributed by atoms with Crippen molar-refractivity contribution < 1.29 is 57.2 Å². The van der Waals surface area contributed by atoms with Crippen molar-refractivity contribution >= 4 is 35.8 Å². The van der Waals surface area contributed by atoms with E-state index in [9.17, 15) is 28.8 Å². The van der Waals surface area contributed by atoms with Gasteiger partial charge in [-0.3, -0.25) is 28.8 Å². The van der Waals surface area contributed by atoms with Crippen molar-refractivity contribution in [3.63, 3.8) is 0 Å². The Morgan fingerprint density at radius 2 is 0.375 bits per heavy atom. The van der Waals surface area contributed by atoms with Gasteiger partial charge in [-0.1, -0.05) is 80.1 Å². The second kappa shape index (κ2) is 53.3. The number of carbonyl (C=O) groups excluding carboxylic acids is 6. The van der Waals surface area contributed by atoms with Crippen molar-refractivity contribution in [1.82, 2.24) is 0 Å². The average molecular weight is 697 g/mol. The fourth-order valence-electron chi connectivity index (χ4n) is 2.16. The molecule has 0 aromatic heterocycles. The minimum atomic E-state index is -0.182. The van der Waals surface area contributed by atoms with Crippen LogP contribution in [0.15, 0.2) is 0 Å². The third-order valence-corrected chi connectivity index (χ3v) is 4.82. The maximum atomic E-state index is 10.1. The van der Waals surface area contributed by atoms with Crippen molar-refractivity contribution in [1.29, 1.82) is 0 Å². The summed E-state index contributed by atoms with van der Waals surface area (Å²) in [6.07, 6.45) is 12.3. The zero-order chi connectivity index (χ0) is 38.4.